The summed E-state index contributed by atoms with van der Waals surface area (Å²) in [5.41, 5.74) is 0.461. The van der Waals surface area contributed by atoms with Gasteiger partial charge in [0.2, 0.25) is 0 Å². The molecule has 0 saturated heterocycles. The van der Waals surface area contributed by atoms with Crippen LogP contribution in [0.2, 0.25) is 0 Å². The summed E-state index contributed by atoms with van der Waals surface area (Å²) in [4.78, 5) is 15.9. The molecular formula is C16H14F3NO. The van der Waals surface area contributed by atoms with E-state index >= 15 is 0 Å². The number of aryl methyl sites for hydroxylation is 1. The van der Waals surface area contributed by atoms with E-state index < -0.39 is 11.7 Å². The molecule has 0 atom stereocenters. The molecule has 0 unspecified atom stereocenters. The van der Waals surface area contributed by atoms with Gasteiger partial charge in [-0.3, -0.25) is 9.78 Å². The number of hydrogen-bond acceptors (Lipinski definition) is 2. The summed E-state index contributed by atoms with van der Waals surface area (Å²) in [7, 11) is 0. The highest BCUT2D eigenvalue weighted by Gasteiger charge is 2.30. The minimum Gasteiger partial charge on any atom is -0.299 e. The Labute approximate surface area is 120 Å². The number of pyridine rings is 1. The molecule has 5 heteroatoms. The van der Waals surface area contributed by atoms with Gasteiger partial charge in [-0.15, -0.1) is 0 Å². The summed E-state index contributed by atoms with van der Waals surface area (Å²) in [5.74, 6) is -0.0972. The highest BCUT2D eigenvalue weighted by Crippen LogP contribution is 2.29. The van der Waals surface area contributed by atoms with Crippen LogP contribution in [0, 0.1) is 0 Å². The van der Waals surface area contributed by atoms with E-state index in [9.17, 15) is 18.0 Å². The van der Waals surface area contributed by atoms with Gasteiger partial charge in [0.15, 0.2) is 0 Å². The topological polar surface area (TPSA) is 30.0 Å². The fourth-order valence-corrected chi connectivity index (χ4v) is 1.99. The van der Waals surface area contributed by atoms with Crippen molar-refractivity contribution in [1.82, 2.24) is 4.98 Å². The van der Waals surface area contributed by atoms with E-state index in [1.807, 2.05) is 12.1 Å². The van der Waals surface area contributed by atoms with Crippen LogP contribution in [0.3, 0.4) is 0 Å². The number of Topliss-reactive ketones (excluding diaryl/α,β-unsaturated/α-hetero) is 1. The largest absolute Gasteiger partial charge is 0.416 e. The molecule has 1 aromatic carbocycles. The second-order valence-electron chi connectivity index (χ2n) is 4.73. The molecule has 0 bridgehead atoms. The smallest absolute Gasteiger partial charge is 0.299 e. The first-order valence-corrected chi connectivity index (χ1v) is 6.53. The average Bonchev–Trinajstić information content (AvgIpc) is 2.46. The molecule has 1 aromatic heterocycles. The van der Waals surface area contributed by atoms with Crippen molar-refractivity contribution >= 4 is 5.78 Å². The standard InChI is InChI=1S/C16H14F3NO/c17-16(18,19)13-5-3-4-12(10-13)11-15(21)8-7-14-6-1-2-9-20-14/h1-6,9-10H,7-8,11H2. The van der Waals surface area contributed by atoms with Gasteiger partial charge in [0.1, 0.15) is 5.78 Å². The van der Waals surface area contributed by atoms with Gasteiger partial charge in [-0.25, -0.2) is 0 Å². The van der Waals surface area contributed by atoms with Crippen LogP contribution in [-0.2, 0) is 23.8 Å². The number of benzene rings is 1. The van der Waals surface area contributed by atoms with Gasteiger partial charge >= 0.3 is 6.18 Å². The minimum atomic E-state index is -4.38. The number of carbonyl (C=O) groups excluding carboxylic acids is 1. The molecule has 0 saturated carbocycles. The van der Waals surface area contributed by atoms with Gasteiger partial charge < -0.3 is 0 Å². The van der Waals surface area contributed by atoms with Crippen LogP contribution in [0.4, 0.5) is 13.2 Å². The lowest BCUT2D eigenvalue weighted by Gasteiger charge is -2.08. The second-order valence-corrected chi connectivity index (χ2v) is 4.73. The van der Waals surface area contributed by atoms with Crippen molar-refractivity contribution in [3.05, 3.63) is 65.5 Å². The maximum Gasteiger partial charge on any atom is 0.416 e. The first-order chi connectivity index (χ1) is 9.95. The molecule has 0 amide bonds. The van der Waals surface area contributed by atoms with E-state index in [4.69, 9.17) is 0 Å². The second kappa shape index (κ2) is 6.52. The number of hydrogen-bond donors (Lipinski definition) is 0. The molecule has 1 heterocycles. The van der Waals surface area contributed by atoms with Crippen LogP contribution >= 0.6 is 0 Å². The van der Waals surface area contributed by atoms with E-state index in [1.54, 1.807) is 12.3 Å². The molecule has 0 N–H and O–H groups in total. The lowest BCUT2D eigenvalue weighted by molar-refractivity contribution is -0.137. The molecule has 0 aliphatic heterocycles. The van der Waals surface area contributed by atoms with E-state index in [0.717, 1.165) is 17.8 Å². The Bertz CT molecular complexity index is 608. The summed E-state index contributed by atoms with van der Waals surface area (Å²) >= 11 is 0. The Morgan fingerprint density at radius 3 is 2.57 bits per heavy atom. The van der Waals surface area contributed by atoms with Crippen molar-refractivity contribution in [3.63, 3.8) is 0 Å². The summed E-state index contributed by atoms with van der Waals surface area (Å²) in [6, 6.07) is 10.3. The number of rotatable bonds is 5. The fraction of sp³-hybridized carbons (Fsp3) is 0.250. The van der Waals surface area contributed by atoms with E-state index in [-0.39, 0.29) is 18.6 Å². The monoisotopic (exact) mass is 293 g/mol. The van der Waals surface area contributed by atoms with Crippen LogP contribution in [0.25, 0.3) is 0 Å². The van der Waals surface area contributed by atoms with Crippen LogP contribution in [-0.4, -0.2) is 10.8 Å². The highest BCUT2D eigenvalue weighted by atomic mass is 19.4. The van der Waals surface area contributed by atoms with Gasteiger partial charge in [0.05, 0.1) is 5.56 Å². The molecule has 0 radical (unpaired) electrons. The predicted octanol–water partition coefficient (Wildman–Crippen LogP) is 3.84. The zero-order valence-corrected chi connectivity index (χ0v) is 11.2. The van der Waals surface area contributed by atoms with Crippen LogP contribution in [0.5, 0.6) is 0 Å². The zero-order valence-electron chi connectivity index (χ0n) is 11.2. The van der Waals surface area contributed by atoms with E-state index in [1.165, 1.54) is 12.1 Å². The highest BCUT2D eigenvalue weighted by molar-refractivity contribution is 5.81. The maximum atomic E-state index is 12.6. The Kier molecular flexibility index (Phi) is 4.73. The molecule has 21 heavy (non-hydrogen) atoms. The maximum absolute atomic E-state index is 12.6. The summed E-state index contributed by atoms with van der Waals surface area (Å²) in [5, 5.41) is 0. The summed E-state index contributed by atoms with van der Waals surface area (Å²) in [6.45, 7) is 0. The van der Waals surface area contributed by atoms with Crippen LogP contribution in [0.15, 0.2) is 48.7 Å². The number of alkyl halides is 3. The molecule has 0 fully saturated rings. The van der Waals surface area contributed by atoms with E-state index in [0.29, 0.717) is 12.0 Å². The SMILES string of the molecule is O=C(CCc1ccccn1)Cc1cccc(C(F)(F)F)c1. The number of ketones is 1. The molecule has 2 rings (SSSR count). The summed E-state index contributed by atoms with van der Waals surface area (Å²) < 4.78 is 37.7. The van der Waals surface area contributed by atoms with Gasteiger partial charge in [-0.05, 0) is 30.2 Å². The Hall–Kier alpha value is -2.17. The third-order valence-electron chi connectivity index (χ3n) is 3.04. The van der Waals surface area contributed by atoms with Crippen molar-refractivity contribution in [2.24, 2.45) is 0 Å². The lowest BCUT2D eigenvalue weighted by Crippen LogP contribution is -2.08. The lowest BCUT2D eigenvalue weighted by atomic mass is 10.0. The Morgan fingerprint density at radius 2 is 1.90 bits per heavy atom. The molecule has 2 aromatic rings. The normalized spacial score (nSPS) is 11.4. The van der Waals surface area contributed by atoms with Crippen molar-refractivity contribution in [1.29, 1.82) is 0 Å². The molecule has 0 spiro atoms. The quantitative estimate of drug-likeness (QED) is 0.838. The van der Waals surface area contributed by atoms with Crippen molar-refractivity contribution < 1.29 is 18.0 Å². The number of nitrogens with zero attached hydrogens (tertiary/aromatic N) is 1. The number of halogens is 3. The average molecular weight is 293 g/mol. The van der Waals surface area contributed by atoms with Crippen molar-refractivity contribution in [3.8, 4) is 0 Å². The third-order valence-corrected chi connectivity index (χ3v) is 3.04. The first kappa shape index (κ1) is 15.2. The predicted molar refractivity (Wildman–Crippen MR) is 72.7 cm³/mol. The fourth-order valence-electron chi connectivity index (χ4n) is 1.99. The zero-order chi connectivity index (χ0) is 15.3. The Balaban J connectivity index is 1.94. The number of carbonyl (C=O) groups is 1. The van der Waals surface area contributed by atoms with Crippen LogP contribution < -0.4 is 0 Å². The molecule has 0 aliphatic rings. The molecule has 0 aliphatic carbocycles. The first-order valence-electron chi connectivity index (χ1n) is 6.53. The third kappa shape index (κ3) is 4.70. The molecule has 2 nitrogen and oxygen atoms in total. The van der Waals surface area contributed by atoms with Gasteiger partial charge in [0.25, 0.3) is 0 Å². The Morgan fingerprint density at radius 1 is 1.10 bits per heavy atom. The number of aromatic nitrogens is 1. The summed E-state index contributed by atoms with van der Waals surface area (Å²) in [6.07, 6.45) is -1.96. The van der Waals surface area contributed by atoms with Gasteiger partial charge in [-0.2, -0.15) is 13.2 Å². The van der Waals surface area contributed by atoms with Gasteiger partial charge in [0, 0.05) is 24.7 Å². The van der Waals surface area contributed by atoms with Crippen LogP contribution in [0.1, 0.15) is 23.2 Å². The van der Waals surface area contributed by atoms with Crippen molar-refractivity contribution in [2.45, 2.75) is 25.4 Å². The van der Waals surface area contributed by atoms with E-state index in [2.05, 4.69) is 4.98 Å². The van der Waals surface area contributed by atoms with Gasteiger partial charge in [-0.1, -0.05) is 24.3 Å². The minimum absolute atomic E-state index is 0.0107. The molecule has 110 valence electrons. The van der Waals surface area contributed by atoms with Crippen molar-refractivity contribution in [2.75, 3.05) is 0 Å². The molecular weight excluding hydrogens is 279 g/mol.